The van der Waals surface area contributed by atoms with Gasteiger partial charge in [-0.2, -0.15) is 0 Å². The van der Waals surface area contributed by atoms with E-state index in [1.807, 2.05) is 12.1 Å². The van der Waals surface area contributed by atoms with Gasteiger partial charge in [0.1, 0.15) is 28.6 Å². The first-order valence-electron chi connectivity index (χ1n) is 21.1. The number of nitrogens with zero attached hydrogens (tertiary/aromatic N) is 2. The number of methoxy groups -OCH3 is 2. The lowest BCUT2D eigenvalue weighted by molar-refractivity contribution is -0.385. The van der Waals surface area contributed by atoms with Crippen molar-refractivity contribution in [3.8, 4) is 45.3 Å². The number of nitrogens with two attached hydrogens (primary N) is 1. The number of benzene rings is 4. The van der Waals surface area contributed by atoms with Gasteiger partial charge in [0.05, 0.1) is 24.1 Å². The normalized spacial score (nSPS) is 10.4. The van der Waals surface area contributed by atoms with Gasteiger partial charge >= 0.3 is 30.0 Å². The van der Waals surface area contributed by atoms with Crippen molar-refractivity contribution in [3.05, 3.63) is 189 Å². The molecule has 4 heterocycles. The first kappa shape index (κ1) is 53.7. The van der Waals surface area contributed by atoms with Crippen LogP contribution in [0, 0.1) is 20.2 Å². The number of aromatic carboxylic acids is 2. The number of nitro benzene ring substituents is 2. The highest BCUT2D eigenvalue weighted by atomic mass is 16.6. The Kier molecular flexibility index (Phi) is 17.9. The molecule has 0 aliphatic rings. The van der Waals surface area contributed by atoms with Gasteiger partial charge < -0.3 is 47.8 Å². The van der Waals surface area contributed by atoms with E-state index in [-0.39, 0.29) is 34.4 Å². The molecule has 0 atom stereocenters. The summed E-state index contributed by atoms with van der Waals surface area (Å²) in [4.78, 5) is 75.4. The van der Waals surface area contributed by atoms with E-state index < -0.39 is 45.4 Å². The second-order valence-electron chi connectivity index (χ2n) is 15.7. The topological polar surface area (TPSA) is 330 Å². The molecule has 22 heteroatoms. The molecule has 5 N–H and O–H groups in total. The van der Waals surface area contributed by atoms with Crippen LogP contribution in [-0.4, -0.2) is 69.9 Å². The molecule has 0 spiro atoms. The third kappa shape index (κ3) is 15.6. The van der Waals surface area contributed by atoms with Crippen molar-refractivity contribution in [2.45, 2.75) is 26.4 Å². The SMILES string of the molecule is CC(C)(C)OC(=O)Nc1ccc(-c2ccc(C(=O)O)o2)cc1.COC(=O)c1ccc(-c2ccc(N)cc2)o1.COC(=O)c1ccc(-c2ccc([N+](=O)[O-])cc2)o1.O=C(O)c1ccc(-c2ccc([N+](=O)[O-])cc2)o1. The summed E-state index contributed by atoms with van der Waals surface area (Å²) in [5, 5.41) is 41.1. The Morgan fingerprint density at radius 3 is 1.08 bits per heavy atom. The number of carboxylic acids is 2. The number of rotatable bonds is 11. The van der Waals surface area contributed by atoms with Crippen LogP contribution in [-0.2, 0) is 14.2 Å². The van der Waals surface area contributed by atoms with E-state index in [4.69, 9.17) is 38.4 Å². The number of furan rings is 4. The van der Waals surface area contributed by atoms with Gasteiger partial charge in [-0.1, -0.05) is 0 Å². The highest BCUT2D eigenvalue weighted by Crippen LogP contribution is 2.28. The van der Waals surface area contributed by atoms with Gasteiger partial charge in [0, 0.05) is 57.9 Å². The van der Waals surface area contributed by atoms with E-state index in [1.54, 1.807) is 93.6 Å². The smallest absolute Gasteiger partial charge is 0.412 e. The second-order valence-corrected chi connectivity index (χ2v) is 15.7. The van der Waals surface area contributed by atoms with Gasteiger partial charge in [0.15, 0.2) is 0 Å². The van der Waals surface area contributed by atoms with E-state index in [1.165, 1.54) is 74.9 Å². The summed E-state index contributed by atoms with van der Waals surface area (Å²) in [6.45, 7) is 5.35. The van der Waals surface area contributed by atoms with E-state index in [0.717, 1.165) is 5.56 Å². The molecule has 22 nitrogen and oxygen atoms in total. The zero-order valence-electron chi connectivity index (χ0n) is 39.3. The van der Waals surface area contributed by atoms with Crippen LogP contribution in [0.25, 0.3) is 45.3 Å². The lowest BCUT2D eigenvalue weighted by atomic mass is 10.1. The van der Waals surface area contributed by atoms with Crippen molar-refractivity contribution in [2.24, 2.45) is 0 Å². The molecular formula is C51H44N4O18. The summed E-state index contributed by atoms with van der Waals surface area (Å²) in [5.74, 6) is -1.47. The van der Waals surface area contributed by atoms with Crippen LogP contribution in [0.15, 0.2) is 163 Å². The molecule has 376 valence electrons. The van der Waals surface area contributed by atoms with Gasteiger partial charge in [-0.05, 0) is 142 Å². The Morgan fingerprint density at radius 1 is 0.493 bits per heavy atom. The van der Waals surface area contributed by atoms with Crippen LogP contribution in [0.3, 0.4) is 0 Å². The number of carboxylic acid groups (broad SMARTS) is 2. The van der Waals surface area contributed by atoms with Crippen LogP contribution >= 0.6 is 0 Å². The summed E-state index contributed by atoms with van der Waals surface area (Å²) in [6, 6.07) is 37.7. The summed E-state index contributed by atoms with van der Waals surface area (Å²) in [7, 11) is 2.57. The molecule has 0 radical (unpaired) electrons. The summed E-state index contributed by atoms with van der Waals surface area (Å²) < 4.78 is 35.1. The van der Waals surface area contributed by atoms with Crippen molar-refractivity contribution in [3.63, 3.8) is 0 Å². The van der Waals surface area contributed by atoms with Crippen LogP contribution < -0.4 is 11.1 Å². The number of hydrogen-bond acceptors (Lipinski definition) is 17. The van der Waals surface area contributed by atoms with E-state index in [2.05, 4.69) is 14.8 Å². The number of non-ortho nitro benzene ring substituents is 2. The minimum atomic E-state index is -1.15. The van der Waals surface area contributed by atoms with Gasteiger partial charge in [-0.25, -0.2) is 24.0 Å². The Labute approximate surface area is 413 Å². The highest BCUT2D eigenvalue weighted by molar-refractivity contribution is 5.88. The Hall–Kier alpha value is -10.3. The highest BCUT2D eigenvalue weighted by Gasteiger charge is 2.18. The van der Waals surface area contributed by atoms with Crippen LogP contribution in [0.2, 0.25) is 0 Å². The lowest BCUT2D eigenvalue weighted by Gasteiger charge is -2.19. The lowest BCUT2D eigenvalue weighted by Crippen LogP contribution is -2.27. The number of carbonyl (C=O) groups excluding carboxylic acids is 3. The maximum Gasteiger partial charge on any atom is 0.412 e. The molecule has 4 aromatic heterocycles. The molecule has 0 aliphatic carbocycles. The Bertz CT molecular complexity index is 3190. The van der Waals surface area contributed by atoms with Crippen molar-refractivity contribution >= 4 is 52.7 Å². The summed E-state index contributed by atoms with van der Waals surface area (Å²) in [6.07, 6.45) is -0.536. The Balaban J connectivity index is 0.000000182. The number of nitrogen functional groups attached to an aromatic ring is 1. The summed E-state index contributed by atoms with van der Waals surface area (Å²) >= 11 is 0. The van der Waals surface area contributed by atoms with Gasteiger partial charge in [0.25, 0.3) is 11.4 Å². The maximum atomic E-state index is 11.6. The van der Waals surface area contributed by atoms with Crippen molar-refractivity contribution < 1.29 is 75.9 Å². The van der Waals surface area contributed by atoms with Crippen LogP contribution in [0.5, 0.6) is 0 Å². The quantitative estimate of drug-likeness (QED) is 0.0307. The first-order valence-corrected chi connectivity index (χ1v) is 21.1. The molecule has 8 aromatic rings. The number of anilines is 2. The molecular weight excluding hydrogens is 957 g/mol. The minimum Gasteiger partial charge on any atom is -0.475 e. The summed E-state index contributed by atoms with van der Waals surface area (Å²) in [5.41, 5.74) is 9.05. The second kappa shape index (κ2) is 24.3. The molecule has 4 aromatic carbocycles. The van der Waals surface area contributed by atoms with Gasteiger partial charge in [-0.15, -0.1) is 0 Å². The number of carbonyl (C=O) groups is 5. The minimum absolute atomic E-state index is 0.00139. The average molecular weight is 1000 g/mol. The Morgan fingerprint density at radius 2 is 0.795 bits per heavy atom. The largest absolute Gasteiger partial charge is 0.475 e. The fraction of sp³-hybridized carbons (Fsp3) is 0.118. The van der Waals surface area contributed by atoms with Crippen LogP contribution in [0.1, 0.15) is 63.0 Å². The number of amides is 1. The van der Waals surface area contributed by atoms with E-state index in [0.29, 0.717) is 51.1 Å². The molecule has 0 saturated heterocycles. The monoisotopic (exact) mass is 1000 g/mol. The molecule has 1 amide bonds. The van der Waals surface area contributed by atoms with Crippen molar-refractivity contribution in [1.29, 1.82) is 0 Å². The first-order chi connectivity index (χ1) is 34.6. The molecule has 0 unspecified atom stereocenters. The molecule has 0 saturated carbocycles. The molecule has 73 heavy (non-hydrogen) atoms. The predicted molar refractivity (Wildman–Crippen MR) is 261 cm³/mol. The van der Waals surface area contributed by atoms with E-state index >= 15 is 0 Å². The third-order valence-corrected chi connectivity index (χ3v) is 9.35. The number of nitro groups is 2. The number of ether oxygens (including phenoxy) is 3. The predicted octanol–water partition coefficient (Wildman–Crippen LogP) is 11.5. The van der Waals surface area contributed by atoms with Gasteiger partial charge in [0.2, 0.25) is 23.0 Å². The number of nitrogens with one attached hydrogen (secondary N) is 1. The average Bonchev–Trinajstić information content (AvgIpc) is 4.22. The zero-order valence-corrected chi connectivity index (χ0v) is 39.3. The standard InChI is InChI=1S/C16H17NO5.C12H9NO5.C12H11NO3.C11H7NO5/c1-16(2,3)22-15(20)17-11-6-4-10(5-7-11)12-8-9-13(21-12)14(18)19;1-17-12(14)11-7-6-10(18-11)8-2-4-9(5-3-8)13(15)16;1-15-12(14)11-7-6-10(16-11)8-2-4-9(13)5-3-8;13-11(14)10-6-5-9(17-10)7-1-3-8(4-2-7)12(15)16/h4-9H,1-3H3,(H,17,20)(H,18,19);2-7H,1H3;2-7H,13H2,1H3;1-6H,(H,13,14). The zero-order chi connectivity index (χ0) is 53.4. The van der Waals surface area contributed by atoms with Gasteiger partial charge in [-0.3, -0.25) is 25.5 Å². The van der Waals surface area contributed by atoms with Crippen molar-refractivity contribution in [1.82, 2.24) is 0 Å². The fourth-order valence-corrected chi connectivity index (χ4v) is 5.90. The molecule has 8 rings (SSSR count). The van der Waals surface area contributed by atoms with Crippen LogP contribution in [0.4, 0.5) is 27.5 Å². The third-order valence-electron chi connectivity index (χ3n) is 9.35. The maximum absolute atomic E-state index is 11.6. The van der Waals surface area contributed by atoms with Crippen molar-refractivity contribution in [2.75, 3.05) is 25.3 Å². The molecule has 0 fully saturated rings. The molecule has 0 bridgehead atoms. The number of esters is 2. The molecule has 0 aliphatic heterocycles. The fourth-order valence-electron chi connectivity index (χ4n) is 5.90. The van der Waals surface area contributed by atoms with E-state index in [9.17, 15) is 44.2 Å². The number of hydrogen-bond donors (Lipinski definition) is 4.